The van der Waals surface area contributed by atoms with Crippen LogP contribution in [0.15, 0.2) is 24.3 Å². The Balaban J connectivity index is 2.12. The molecule has 0 spiro atoms. The van der Waals surface area contributed by atoms with Gasteiger partial charge in [0.25, 0.3) is 0 Å². The fourth-order valence-corrected chi connectivity index (χ4v) is 3.62. The van der Waals surface area contributed by atoms with Crippen LogP contribution in [-0.4, -0.2) is 47.2 Å². The highest BCUT2D eigenvalue weighted by Crippen LogP contribution is 2.33. The molecule has 1 saturated heterocycles. The third-order valence-electron chi connectivity index (χ3n) is 4.92. The number of rotatable bonds is 4. The molecule has 0 N–H and O–H groups in total. The van der Waals surface area contributed by atoms with Crippen molar-refractivity contribution >= 4 is 6.09 Å². The third-order valence-corrected chi connectivity index (χ3v) is 4.92. The van der Waals surface area contributed by atoms with Crippen LogP contribution in [0.25, 0.3) is 0 Å². The summed E-state index contributed by atoms with van der Waals surface area (Å²) in [5.74, 6) is 0. The van der Waals surface area contributed by atoms with Crippen LogP contribution >= 0.6 is 0 Å². The molecule has 1 amide bonds. The first-order valence-electron chi connectivity index (χ1n) is 9.83. The molecule has 7 heteroatoms. The Morgan fingerprint density at radius 2 is 1.79 bits per heavy atom. The molecular weight excluding hydrogens is 369 g/mol. The summed E-state index contributed by atoms with van der Waals surface area (Å²) in [4.78, 5) is 16.3. The number of benzene rings is 1. The van der Waals surface area contributed by atoms with E-state index < -0.39 is 17.3 Å². The number of halogens is 3. The zero-order valence-electron chi connectivity index (χ0n) is 17.3. The predicted molar refractivity (Wildman–Crippen MR) is 103 cm³/mol. The van der Waals surface area contributed by atoms with Crippen molar-refractivity contribution < 1.29 is 22.7 Å². The van der Waals surface area contributed by atoms with Gasteiger partial charge in [-0.05, 0) is 51.8 Å². The maximum absolute atomic E-state index is 12.9. The number of alkyl halides is 3. The van der Waals surface area contributed by atoms with Crippen molar-refractivity contribution in [2.45, 2.75) is 71.3 Å². The summed E-state index contributed by atoms with van der Waals surface area (Å²) in [5.41, 5.74) is -0.288. The molecule has 0 saturated carbocycles. The molecule has 28 heavy (non-hydrogen) atoms. The van der Waals surface area contributed by atoms with Crippen LogP contribution in [0.3, 0.4) is 0 Å². The van der Waals surface area contributed by atoms with E-state index in [0.717, 1.165) is 30.5 Å². The summed E-state index contributed by atoms with van der Waals surface area (Å²) in [5, 5.41) is 0. The van der Waals surface area contributed by atoms with Gasteiger partial charge >= 0.3 is 12.3 Å². The van der Waals surface area contributed by atoms with Crippen LogP contribution in [0.5, 0.6) is 0 Å². The first-order valence-corrected chi connectivity index (χ1v) is 9.83. The number of hydrogen-bond acceptors (Lipinski definition) is 3. The second kappa shape index (κ2) is 8.72. The van der Waals surface area contributed by atoms with Crippen molar-refractivity contribution in [1.29, 1.82) is 0 Å². The maximum Gasteiger partial charge on any atom is 0.416 e. The van der Waals surface area contributed by atoms with E-state index in [1.807, 2.05) is 27.7 Å². The summed E-state index contributed by atoms with van der Waals surface area (Å²) in [6, 6.07) is 5.58. The lowest BCUT2D eigenvalue weighted by atomic mass is 9.96. The van der Waals surface area contributed by atoms with Gasteiger partial charge in [0.1, 0.15) is 5.60 Å². The van der Waals surface area contributed by atoms with Crippen molar-refractivity contribution in [3.05, 3.63) is 35.4 Å². The molecule has 1 aromatic rings. The van der Waals surface area contributed by atoms with Crippen LogP contribution in [-0.2, 0) is 10.9 Å². The Morgan fingerprint density at radius 1 is 1.18 bits per heavy atom. The highest BCUT2D eigenvalue weighted by Gasteiger charge is 2.34. The van der Waals surface area contributed by atoms with Gasteiger partial charge in [0.2, 0.25) is 0 Å². The Morgan fingerprint density at radius 3 is 2.25 bits per heavy atom. The SMILES string of the molecule is CCCC(c1ccc(C(F)(F)F)cc1)N1CCN(C(=O)OC(C)(C)C)CC1C. The predicted octanol–water partition coefficient (Wildman–Crippen LogP) is 5.49. The summed E-state index contributed by atoms with van der Waals surface area (Å²) in [7, 11) is 0. The van der Waals surface area contributed by atoms with Crippen molar-refractivity contribution in [3.8, 4) is 0 Å². The molecule has 1 fully saturated rings. The minimum absolute atomic E-state index is 0.0306. The van der Waals surface area contributed by atoms with Crippen molar-refractivity contribution in [3.63, 3.8) is 0 Å². The van der Waals surface area contributed by atoms with Crippen LogP contribution in [0.2, 0.25) is 0 Å². The number of piperazine rings is 1. The molecule has 2 rings (SSSR count). The molecule has 2 unspecified atom stereocenters. The van der Waals surface area contributed by atoms with Gasteiger partial charge in [0, 0.05) is 31.7 Å². The summed E-state index contributed by atoms with van der Waals surface area (Å²) in [6.07, 6.45) is -2.88. The number of hydrogen-bond donors (Lipinski definition) is 0. The molecule has 2 atom stereocenters. The molecule has 0 bridgehead atoms. The standard InChI is InChI=1S/C21H31F3N2O2/c1-6-7-18(16-8-10-17(11-9-16)21(22,23)24)26-13-12-25(14-15(26)2)19(27)28-20(3,4)5/h8-11,15,18H,6-7,12-14H2,1-5H3. The number of nitrogens with zero attached hydrogens (tertiary/aromatic N) is 2. The van der Waals surface area contributed by atoms with Crippen LogP contribution < -0.4 is 0 Å². The van der Waals surface area contributed by atoms with Crippen LogP contribution in [0, 0.1) is 0 Å². The quantitative estimate of drug-likeness (QED) is 0.670. The van der Waals surface area contributed by atoms with E-state index in [0.29, 0.717) is 19.6 Å². The van der Waals surface area contributed by atoms with Gasteiger partial charge in [-0.25, -0.2) is 4.79 Å². The van der Waals surface area contributed by atoms with Crippen molar-refractivity contribution in [2.24, 2.45) is 0 Å². The molecule has 4 nitrogen and oxygen atoms in total. The van der Waals surface area contributed by atoms with E-state index in [9.17, 15) is 18.0 Å². The van der Waals surface area contributed by atoms with Crippen LogP contribution in [0.1, 0.15) is 64.6 Å². The van der Waals surface area contributed by atoms with Gasteiger partial charge in [-0.3, -0.25) is 4.90 Å². The number of carbonyl (C=O) groups is 1. The highest BCUT2D eigenvalue weighted by atomic mass is 19.4. The molecule has 0 aromatic heterocycles. The first-order chi connectivity index (χ1) is 12.9. The monoisotopic (exact) mass is 400 g/mol. The fourth-order valence-electron chi connectivity index (χ4n) is 3.62. The maximum atomic E-state index is 12.9. The average molecular weight is 400 g/mol. The van der Waals surface area contributed by atoms with E-state index in [4.69, 9.17) is 4.74 Å². The summed E-state index contributed by atoms with van der Waals surface area (Å²) < 4.78 is 44.0. The summed E-state index contributed by atoms with van der Waals surface area (Å²) >= 11 is 0. The molecule has 1 heterocycles. The molecule has 158 valence electrons. The molecule has 0 aliphatic carbocycles. The fraction of sp³-hybridized carbons (Fsp3) is 0.667. The molecule has 0 radical (unpaired) electrons. The van der Waals surface area contributed by atoms with Crippen LogP contribution in [0.4, 0.5) is 18.0 Å². The first kappa shape index (κ1) is 22.5. The zero-order valence-corrected chi connectivity index (χ0v) is 17.3. The molecule has 1 aliphatic heterocycles. The van der Waals surface area contributed by atoms with E-state index in [1.54, 1.807) is 17.0 Å². The minimum Gasteiger partial charge on any atom is -0.444 e. The van der Waals surface area contributed by atoms with Gasteiger partial charge in [0.05, 0.1) is 5.56 Å². The zero-order chi connectivity index (χ0) is 21.1. The van der Waals surface area contributed by atoms with Gasteiger partial charge in [0.15, 0.2) is 0 Å². The Labute approximate surface area is 165 Å². The lowest BCUT2D eigenvalue weighted by molar-refractivity contribution is -0.137. The normalized spacial score (nSPS) is 20.1. The van der Waals surface area contributed by atoms with E-state index in [-0.39, 0.29) is 18.2 Å². The third kappa shape index (κ3) is 5.87. The van der Waals surface area contributed by atoms with E-state index in [2.05, 4.69) is 11.8 Å². The van der Waals surface area contributed by atoms with E-state index >= 15 is 0 Å². The second-order valence-electron chi connectivity index (χ2n) is 8.44. The Kier molecular flexibility index (Phi) is 7.02. The topological polar surface area (TPSA) is 32.8 Å². The lowest BCUT2D eigenvalue weighted by Gasteiger charge is -2.44. The van der Waals surface area contributed by atoms with Gasteiger partial charge < -0.3 is 9.64 Å². The number of amides is 1. The number of ether oxygens (including phenoxy) is 1. The van der Waals surface area contributed by atoms with E-state index in [1.165, 1.54) is 0 Å². The molecule has 1 aliphatic rings. The Bertz CT molecular complexity index is 653. The Hall–Kier alpha value is -1.76. The minimum atomic E-state index is -4.33. The number of carbonyl (C=O) groups excluding carboxylic acids is 1. The van der Waals surface area contributed by atoms with Gasteiger partial charge in [-0.2, -0.15) is 13.2 Å². The largest absolute Gasteiger partial charge is 0.444 e. The lowest BCUT2D eigenvalue weighted by Crippen LogP contribution is -2.55. The molecule has 1 aromatic carbocycles. The molecular formula is C21H31F3N2O2. The van der Waals surface area contributed by atoms with Crippen molar-refractivity contribution in [1.82, 2.24) is 9.80 Å². The average Bonchev–Trinajstić information content (AvgIpc) is 2.58. The van der Waals surface area contributed by atoms with Crippen molar-refractivity contribution in [2.75, 3.05) is 19.6 Å². The van der Waals surface area contributed by atoms with Gasteiger partial charge in [-0.1, -0.05) is 25.5 Å². The highest BCUT2D eigenvalue weighted by molar-refractivity contribution is 5.68. The second-order valence-corrected chi connectivity index (χ2v) is 8.44. The smallest absolute Gasteiger partial charge is 0.416 e. The summed E-state index contributed by atoms with van der Waals surface area (Å²) in [6.45, 7) is 11.4. The van der Waals surface area contributed by atoms with Gasteiger partial charge in [-0.15, -0.1) is 0 Å².